The standard InChI is InChI=1S/C9H14N2O.3C2H6/c1-12-7-9-4-2-3-8(11-9)5-6-10;3*1-2/h2-4H,5-7,10H2,1H3;3*1-2H3. The topological polar surface area (TPSA) is 48.1 Å². The van der Waals surface area contributed by atoms with Gasteiger partial charge < -0.3 is 10.5 Å². The number of hydrogen-bond donors (Lipinski definition) is 1. The van der Waals surface area contributed by atoms with Crippen LogP contribution in [-0.4, -0.2) is 18.6 Å². The molecule has 3 heteroatoms. The summed E-state index contributed by atoms with van der Waals surface area (Å²) >= 11 is 0. The van der Waals surface area contributed by atoms with Crippen molar-refractivity contribution in [3.8, 4) is 0 Å². The highest BCUT2D eigenvalue weighted by Crippen LogP contribution is 2.00. The Morgan fingerprint density at radius 1 is 1.00 bits per heavy atom. The minimum atomic E-state index is 0.568. The smallest absolute Gasteiger partial charge is 0.0884 e. The van der Waals surface area contributed by atoms with E-state index in [0.29, 0.717) is 13.2 Å². The van der Waals surface area contributed by atoms with Gasteiger partial charge in [-0.3, -0.25) is 4.98 Å². The molecule has 0 fully saturated rings. The highest BCUT2D eigenvalue weighted by Gasteiger charge is 1.95. The molecule has 0 unspecified atom stereocenters. The lowest BCUT2D eigenvalue weighted by atomic mass is 10.2. The minimum absolute atomic E-state index is 0.568. The highest BCUT2D eigenvalue weighted by molar-refractivity contribution is 5.10. The first-order chi connectivity index (χ1) is 8.86. The fourth-order valence-electron chi connectivity index (χ4n) is 1.04. The Balaban J connectivity index is -0.000000328. The molecule has 0 atom stereocenters. The lowest BCUT2D eigenvalue weighted by Gasteiger charge is -2.01. The predicted molar refractivity (Wildman–Crippen MR) is 81.8 cm³/mol. The van der Waals surface area contributed by atoms with Crippen LogP contribution in [0.3, 0.4) is 0 Å². The van der Waals surface area contributed by atoms with Gasteiger partial charge in [0, 0.05) is 19.2 Å². The molecule has 0 bridgehead atoms. The highest BCUT2D eigenvalue weighted by atomic mass is 16.5. The number of methoxy groups -OCH3 is 1. The molecule has 2 N–H and O–H groups in total. The quantitative estimate of drug-likeness (QED) is 0.891. The van der Waals surface area contributed by atoms with E-state index in [9.17, 15) is 0 Å². The molecular weight excluding hydrogens is 224 g/mol. The number of nitrogens with two attached hydrogens (primary N) is 1. The first-order valence-corrected chi connectivity index (χ1v) is 7.00. The van der Waals surface area contributed by atoms with Crippen molar-refractivity contribution < 1.29 is 4.74 Å². The van der Waals surface area contributed by atoms with Gasteiger partial charge in [0.2, 0.25) is 0 Å². The van der Waals surface area contributed by atoms with E-state index in [0.717, 1.165) is 17.8 Å². The molecule has 1 aromatic rings. The third-order valence-corrected chi connectivity index (χ3v) is 1.56. The molecule has 0 aromatic carbocycles. The van der Waals surface area contributed by atoms with E-state index < -0.39 is 0 Å². The van der Waals surface area contributed by atoms with Gasteiger partial charge in [0.05, 0.1) is 12.3 Å². The van der Waals surface area contributed by atoms with E-state index in [4.69, 9.17) is 10.5 Å². The van der Waals surface area contributed by atoms with E-state index in [2.05, 4.69) is 4.98 Å². The summed E-state index contributed by atoms with van der Waals surface area (Å²) in [5, 5.41) is 0. The summed E-state index contributed by atoms with van der Waals surface area (Å²) < 4.78 is 4.97. The molecule has 1 heterocycles. The lowest BCUT2D eigenvalue weighted by molar-refractivity contribution is 0.181. The lowest BCUT2D eigenvalue weighted by Crippen LogP contribution is -2.05. The summed E-state index contributed by atoms with van der Waals surface area (Å²) in [6.07, 6.45) is 0.831. The first-order valence-electron chi connectivity index (χ1n) is 7.00. The van der Waals surface area contributed by atoms with Gasteiger partial charge in [-0.15, -0.1) is 0 Å². The maximum Gasteiger partial charge on any atom is 0.0884 e. The summed E-state index contributed by atoms with van der Waals surface area (Å²) in [5.74, 6) is 0. The maximum atomic E-state index is 5.41. The summed E-state index contributed by atoms with van der Waals surface area (Å²) in [6, 6.07) is 5.90. The van der Waals surface area contributed by atoms with Crippen molar-refractivity contribution in [3.05, 3.63) is 29.6 Å². The Morgan fingerprint density at radius 3 is 1.94 bits per heavy atom. The second-order valence-electron chi connectivity index (χ2n) is 2.59. The molecule has 0 saturated heterocycles. The van der Waals surface area contributed by atoms with Crippen LogP contribution < -0.4 is 5.73 Å². The van der Waals surface area contributed by atoms with Crippen LogP contribution in [0, 0.1) is 0 Å². The fraction of sp³-hybridized carbons (Fsp3) is 0.667. The largest absolute Gasteiger partial charge is 0.378 e. The van der Waals surface area contributed by atoms with E-state index in [1.807, 2.05) is 59.7 Å². The van der Waals surface area contributed by atoms with Crippen molar-refractivity contribution in [2.75, 3.05) is 13.7 Å². The third-order valence-electron chi connectivity index (χ3n) is 1.56. The van der Waals surface area contributed by atoms with Crippen LogP contribution in [0.25, 0.3) is 0 Å². The predicted octanol–water partition coefficient (Wildman–Crippen LogP) is 3.81. The van der Waals surface area contributed by atoms with Crippen LogP contribution in [0.5, 0.6) is 0 Å². The number of rotatable bonds is 4. The van der Waals surface area contributed by atoms with E-state index in [-0.39, 0.29) is 0 Å². The van der Waals surface area contributed by atoms with Crippen molar-refractivity contribution in [3.63, 3.8) is 0 Å². The van der Waals surface area contributed by atoms with Gasteiger partial charge in [0.25, 0.3) is 0 Å². The summed E-state index contributed by atoms with van der Waals surface area (Å²) in [4.78, 5) is 4.35. The van der Waals surface area contributed by atoms with Crippen LogP contribution in [0.15, 0.2) is 18.2 Å². The van der Waals surface area contributed by atoms with Crippen molar-refractivity contribution in [1.29, 1.82) is 0 Å². The molecule has 18 heavy (non-hydrogen) atoms. The van der Waals surface area contributed by atoms with Gasteiger partial charge in [-0.1, -0.05) is 47.6 Å². The Bertz CT molecular complexity index is 218. The molecule has 0 aliphatic heterocycles. The Labute approximate surface area is 114 Å². The monoisotopic (exact) mass is 256 g/mol. The summed E-state index contributed by atoms with van der Waals surface area (Å²) in [5.41, 5.74) is 7.41. The molecule has 0 radical (unpaired) electrons. The maximum absolute atomic E-state index is 5.41. The average molecular weight is 256 g/mol. The Hall–Kier alpha value is -0.930. The van der Waals surface area contributed by atoms with Crippen molar-refractivity contribution in [2.24, 2.45) is 5.73 Å². The van der Waals surface area contributed by atoms with Gasteiger partial charge in [-0.2, -0.15) is 0 Å². The van der Waals surface area contributed by atoms with Crippen molar-refractivity contribution in [2.45, 2.75) is 54.6 Å². The van der Waals surface area contributed by atoms with Crippen LogP contribution in [-0.2, 0) is 17.8 Å². The van der Waals surface area contributed by atoms with Crippen LogP contribution in [0.1, 0.15) is 52.9 Å². The molecule has 108 valence electrons. The molecule has 0 amide bonds. The number of nitrogens with zero attached hydrogens (tertiary/aromatic N) is 1. The molecule has 1 rings (SSSR count). The molecule has 3 nitrogen and oxygen atoms in total. The van der Waals surface area contributed by atoms with Gasteiger partial charge in [0.1, 0.15) is 0 Å². The van der Waals surface area contributed by atoms with Crippen LogP contribution in [0.4, 0.5) is 0 Å². The first kappa shape index (κ1) is 22.3. The number of ether oxygens (including phenoxy) is 1. The van der Waals surface area contributed by atoms with Crippen LogP contribution >= 0.6 is 0 Å². The normalized spacial score (nSPS) is 7.78. The SMILES string of the molecule is CC.CC.CC.COCc1cccc(CCN)n1. The van der Waals surface area contributed by atoms with Gasteiger partial charge in [-0.05, 0) is 18.7 Å². The van der Waals surface area contributed by atoms with E-state index in [1.54, 1.807) is 7.11 Å². The number of aromatic nitrogens is 1. The molecule has 1 aromatic heterocycles. The molecule has 0 aliphatic rings. The van der Waals surface area contributed by atoms with Crippen molar-refractivity contribution in [1.82, 2.24) is 4.98 Å². The summed E-state index contributed by atoms with van der Waals surface area (Å²) in [7, 11) is 1.66. The van der Waals surface area contributed by atoms with Crippen molar-refractivity contribution >= 4 is 0 Å². The Morgan fingerprint density at radius 2 is 1.50 bits per heavy atom. The van der Waals surface area contributed by atoms with Gasteiger partial charge >= 0.3 is 0 Å². The fourth-order valence-corrected chi connectivity index (χ4v) is 1.04. The zero-order valence-corrected chi connectivity index (χ0v) is 13.3. The Kier molecular flexibility index (Phi) is 26.4. The summed E-state index contributed by atoms with van der Waals surface area (Å²) in [6.45, 7) is 13.2. The van der Waals surface area contributed by atoms with E-state index in [1.165, 1.54) is 0 Å². The molecule has 0 saturated carbocycles. The van der Waals surface area contributed by atoms with Crippen LogP contribution in [0.2, 0.25) is 0 Å². The average Bonchev–Trinajstić information content (AvgIpc) is 2.47. The molecule has 0 spiro atoms. The zero-order chi connectivity index (χ0) is 14.8. The molecule has 0 aliphatic carbocycles. The third kappa shape index (κ3) is 13.1. The van der Waals surface area contributed by atoms with E-state index >= 15 is 0 Å². The van der Waals surface area contributed by atoms with Gasteiger partial charge in [0.15, 0.2) is 0 Å². The van der Waals surface area contributed by atoms with Gasteiger partial charge in [-0.25, -0.2) is 0 Å². The number of hydrogen-bond acceptors (Lipinski definition) is 3. The molecular formula is C15H32N2O. The second-order valence-corrected chi connectivity index (χ2v) is 2.59. The zero-order valence-electron chi connectivity index (χ0n) is 13.3. The number of pyridine rings is 1. The second kappa shape index (κ2) is 21.4. The minimum Gasteiger partial charge on any atom is -0.378 e.